The summed E-state index contributed by atoms with van der Waals surface area (Å²) in [5.41, 5.74) is 0.473. The van der Waals surface area contributed by atoms with Gasteiger partial charge in [-0.3, -0.25) is 4.90 Å². The van der Waals surface area contributed by atoms with E-state index in [0.717, 1.165) is 19.6 Å². The van der Waals surface area contributed by atoms with Crippen molar-refractivity contribution >= 4 is 5.97 Å². The van der Waals surface area contributed by atoms with Crippen LogP contribution in [0.25, 0.3) is 0 Å². The Balaban J connectivity index is 1.95. The lowest BCUT2D eigenvalue weighted by Gasteiger charge is -2.20. The smallest absolute Gasteiger partial charge is 0.338 e. The fraction of sp³-hybridized carbons (Fsp3) is 0.562. The Hall–Kier alpha value is -1.75. The van der Waals surface area contributed by atoms with Crippen molar-refractivity contribution in [1.82, 2.24) is 4.90 Å². The van der Waals surface area contributed by atoms with Crippen LogP contribution in [0, 0.1) is 0 Å². The number of esters is 1. The molecule has 0 spiro atoms. The largest absolute Gasteiger partial charge is 0.493 e. The van der Waals surface area contributed by atoms with Gasteiger partial charge in [0.25, 0.3) is 0 Å². The van der Waals surface area contributed by atoms with E-state index in [1.165, 1.54) is 12.8 Å². The Labute approximate surface area is 125 Å². The van der Waals surface area contributed by atoms with Crippen molar-refractivity contribution in [2.45, 2.75) is 25.9 Å². The summed E-state index contributed by atoms with van der Waals surface area (Å²) in [5.74, 6) is 0.793. The molecule has 5 heteroatoms. The average molecular weight is 293 g/mol. The van der Waals surface area contributed by atoms with Gasteiger partial charge in [0.05, 0.1) is 19.8 Å². The van der Waals surface area contributed by atoms with Gasteiger partial charge in [0, 0.05) is 6.54 Å². The molecule has 116 valence electrons. The van der Waals surface area contributed by atoms with E-state index >= 15 is 0 Å². The minimum Gasteiger partial charge on any atom is -0.493 e. The highest BCUT2D eigenvalue weighted by molar-refractivity contribution is 5.90. The maximum absolute atomic E-state index is 12.2. The third-order valence-corrected chi connectivity index (χ3v) is 3.64. The third-order valence-electron chi connectivity index (χ3n) is 3.64. The summed E-state index contributed by atoms with van der Waals surface area (Å²) in [6.07, 6.45) is 2.34. The molecule has 2 rings (SSSR count). The minimum atomic E-state index is -0.331. The first kappa shape index (κ1) is 15.6. The molecule has 1 aliphatic rings. The fourth-order valence-electron chi connectivity index (χ4n) is 2.58. The van der Waals surface area contributed by atoms with Crippen molar-refractivity contribution in [3.63, 3.8) is 0 Å². The molecule has 0 N–H and O–H groups in total. The van der Waals surface area contributed by atoms with Crippen molar-refractivity contribution in [1.29, 1.82) is 0 Å². The lowest BCUT2D eigenvalue weighted by atomic mass is 10.2. The lowest BCUT2D eigenvalue weighted by Crippen LogP contribution is -2.31. The number of hydrogen-bond acceptors (Lipinski definition) is 5. The van der Waals surface area contributed by atoms with Crippen molar-refractivity contribution in [3.8, 4) is 11.5 Å². The molecule has 0 radical (unpaired) electrons. The van der Waals surface area contributed by atoms with Crippen LogP contribution >= 0.6 is 0 Å². The van der Waals surface area contributed by atoms with Crippen LogP contribution in [0.15, 0.2) is 18.2 Å². The van der Waals surface area contributed by atoms with E-state index in [1.54, 1.807) is 32.4 Å². The summed E-state index contributed by atoms with van der Waals surface area (Å²) in [7, 11) is 3.11. The van der Waals surface area contributed by atoms with Gasteiger partial charge in [0.15, 0.2) is 11.5 Å². The van der Waals surface area contributed by atoms with Gasteiger partial charge in [-0.25, -0.2) is 4.79 Å². The maximum atomic E-state index is 12.2. The zero-order valence-electron chi connectivity index (χ0n) is 12.9. The predicted molar refractivity (Wildman–Crippen MR) is 80.1 cm³/mol. The molecular weight excluding hydrogens is 270 g/mol. The molecule has 1 fully saturated rings. The molecule has 1 aromatic carbocycles. The van der Waals surface area contributed by atoms with E-state index in [9.17, 15) is 4.79 Å². The Kier molecular flexibility index (Phi) is 5.44. The summed E-state index contributed by atoms with van der Waals surface area (Å²) in [6.45, 7) is 4.91. The van der Waals surface area contributed by atoms with E-state index < -0.39 is 0 Å². The highest BCUT2D eigenvalue weighted by Crippen LogP contribution is 2.27. The van der Waals surface area contributed by atoms with Crippen molar-refractivity contribution in [2.24, 2.45) is 0 Å². The number of rotatable bonds is 6. The quantitative estimate of drug-likeness (QED) is 0.753. The number of methoxy groups -OCH3 is 2. The van der Waals surface area contributed by atoms with Crippen LogP contribution < -0.4 is 9.47 Å². The molecule has 1 atom stereocenters. The lowest BCUT2D eigenvalue weighted by molar-refractivity contribution is 0.0271. The van der Waals surface area contributed by atoms with Gasteiger partial charge >= 0.3 is 5.97 Å². The van der Waals surface area contributed by atoms with Crippen LogP contribution in [0.1, 0.15) is 30.1 Å². The summed E-state index contributed by atoms with van der Waals surface area (Å²) in [6, 6.07) is 5.04. The molecule has 0 aliphatic carbocycles. The number of nitrogens with zero attached hydrogens (tertiary/aromatic N) is 1. The molecule has 0 amide bonds. The second-order valence-electron chi connectivity index (χ2n) is 5.29. The average Bonchev–Trinajstić information content (AvgIpc) is 2.99. The van der Waals surface area contributed by atoms with E-state index in [-0.39, 0.29) is 12.1 Å². The Morgan fingerprint density at radius 2 is 1.86 bits per heavy atom. The number of carbonyl (C=O) groups excluding carboxylic acids is 1. The van der Waals surface area contributed by atoms with E-state index in [1.807, 2.05) is 6.92 Å². The Morgan fingerprint density at radius 1 is 1.19 bits per heavy atom. The van der Waals surface area contributed by atoms with E-state index in [4.69, 9.17) is 14.2 Å². The summed E-state index contributed by atoms with van der Waals surface area (Å²) >= 11 is 0. The molecule has 0 saturated carbocycles. The molecule has 5 nitrogen and oxygen atoms in total. The highest BCUT2D eigenvalue weighted by Gasteiger charge is 2.19. The summed E-state index contributed by atoms with van der Waals surface area (Å²) < 4.78 is 15.8. The predicted octanol–water partition coefficient (Wildman–Crippen LogP) is 2.34. The van der Waals surface area contributed by atoms with Crippen LogP contribution in [0.2, 0.25) is 0 Å². The molecule has 1 saturated heterocycles. The first-order chi connectivity index (χ1) is 10.1. The van der Waals surface area contributed by atoms with Crippen molar-refractivity contribution < 1.29 is 19.0 Å². The molecule has 0 bridgehead atoms. The zero-order chi connectivity index (χ0) is 15.2. The van der Waals surface area contributed by atoms with Crippen LogP contribution in [-0.2, 0) is 4.74 Å². The van der Waals surface area contributed by atoms with Crippen LogP contribution in [0.3, 0.4) is 0 Å². The van der Waals surface area contributed by atoms with Gasteiger partial charge in [0.2, 0.25) is 0 Å². The van der Waals surface area contributed by atoms with Crippen molar-refractivity contribution in [3.05, 3.63) is 23.8 Å². The van der Waals surface area contributed by atoms with Gasteiger partial charge in [0.1, 0.15) is 6.10 Å². The van der Waals surface area contributed by atoms with Gasteiger partial charge in [-0.15, -0.1) is 0 Å². The Morgan fingerprint density at radius 3 is 2.48 bits per heavy atom. The van der Waals surface area contributed by atoms with Crippen LogP contribution in [-0.4, -0.2) is 50.8 Å². The SMILES string of the molecule is COc1ccc(C(=O)O[C@H](C)CN2CCCC2)cc1OC. The standard InChI is InChI=1S/C16H23NO4/c1-12(11-17-8-4-5-9-17)21-16(18)13-6-7-14(19-2)15(10-13)20-3/h6-7,10,12H,4-5,8-9,11H2,1-3H3/t12-/m1/s1. The van der Waals surface area contributed by atoms with Gasteiger partial charge in [-0.05, 0) is 51.1 Å². The topological polar surface area (TPSA) is 48.0 Å². The number of ether oxygens (including phenoxy) is 3. The highest BCUT2D eigenvalue weighted by atomic mass is 16.5. The maximum Gasteiger partial charge on any atom is 0.338 e. The molecule has 0 unspecified atom stereocenters. The molecule has 1 heterocycles. The molecular formula is C16H23NO4. The molecule has 1 aromatic rings. The van der Waals surface area contributed by atoms with Gasteiger partial charge in [-0.2, -0.15) is 0 Å². The number of carbonyl (C=O) groups is 1. The number of benzene rings is 1. The van der Waals surface area contributed by atoms with Crippen LogP contribution in [0.4, 0.5) is 0 Å². The summed E-state index contributed by atoms with van der Waals surface area (Å²) in [4.78, 5) is 14.5. The Bertz CT molecular complexity index is 483. The summed E-state index contributed by atoms with van der Waals surface area (Å²) in [5, 5.41) is 0. The van der Waals surface area contributed by atoms with Crippen LogP contribution in [0.5, 0.6) is 11.5 Å². The number of hydrogen-bond donors (Lipinski definition) is 0. The first-order valence-electron chi connectivity index (χ1n) is 7.29. The van der Waals surface area contributed by atoms with Gasteiger partial charge < -0.3 is 14.2 Å². The zero-order valence-corrected chi connectivity index (χ0v) is 12.9. The molecule has 0 aromatic heterocycles. The van der Waals surface area contributed by atoms with E-state index in [2.05, 4.69) is 4.90 Å². The molecule has 1 aliphatic heterocycles. The minimum absolute atomic E-state index is 0.122. The van der Waals surface area contributed by atoms with Crippen molar-refractivity contribution in [2.75, 3.05) is 33.9 Å². The van der Waals surface area contributed by atoms with E-state index in [0.29, 0.717) is 17.1 Å². The first-order valence-corrected chi connectivity index (χ1v) is 7.29. The third kappa shape index (κ3) is 4.11. The second-order valence-corrected chi connectivity index (χ2v) is 5.29. The monoisotopic (exact) mass is 293 g/mol. The normalized spacial score (nSPS) is 16.5. The fourth-order valence-corrected chi connectivity index (χ4v) is 2.58. The van der Waals surface area contributed by atoms with Gasteiger partial charge in [-0.1, -0.05) is 0 Å². The molecule has 21 heavy (non-hydrogen) atoms. The number of likely N-dealkylation sites (tertiary alicyclic amines) is 1. The second kappa shape index (κ2) is 7.31.